The minimum atomic E-state index is 0.235. The first-order valence-corrected chi connectivity index (χ1v) is 6.76. The third kappa shape index (κ3) is 4.69. The van der Waals surface area contributed by atoms with Crippen molar-refractivity contribution in [1.29, 1.82) is 0 Å². The van der Waals surface area contributed by atoms with Crippen LogP contribution in [0.15, 0.2) is 6.20 Å². The molecule has 0 atom stereocenters. The van der Waals surface area contributed by atoms with Crippen molar-refractivity contribution in [2.24, 2.45) is 5.41 Å². The second-order valence-electron chi connectivity index (χ2n) is 6.16. The van der Waals surface area contributed by atoms with Crippen LogP contribution in [0.3, 0.4) is 0 Å². The van der Waals surface area contributed by atoms with Gasteiger partial charge in [0.15, 0.2) is 0 Å². The van der Waals surface area contributed by atoms with Gasteiger partial charge in [-0.05, 0) is 32.9 Å². The average molecular weight is 252 g/mol. The van der Waals surface area contributed by atoms with Gasteiger partial charge in [-0.1, -0.05) is 20.8 Å². The van der Waals surface area contributed by atoms with Gasteiger partial charge in [-0.2, -0.15) is 0 Å². The van der Waals surface area contributed by atoms with Gasteiger partial charge in [0.05, 0.1) is 5.69 Å². The molecule has 1 rings (SSSR count). The normalized spacial score (nSPS) is 12.2. The predicted molar refractivity (Wildman–Crippen MR) is 78.1 cm³/mol. The minimum absolute atomic E-state index is 0.235. The summed E-state index contributed by atoms with van der Waals surface area (Å²) in [5.41, 5.74) is 1.31. The molecule has 4 nitrogen and oxygen atoms in total. The fraction of sp³-hybridized carbons (Fsp3) is 0.786. The molecule has 0 aliphatic carbocycles. The zero-order valence-electron chi connectivity index (χ0n) is 12.7. The molecular formula is C14H28N4. The quantitative estimate of drug-likeness (QED) is 0.810. The summed E-state index contributed by atoms with van der Waals surface area (Å²) in [6, 6.07) is 0. The third-order valence-corrected chi connectivity index (χ3v) is 2.77. The van der Waals surface area contributed by atoms with Crippen molar-refractivity contribution in [3.05, 3.63) is 11.9 Å². The molecule has 4 heteroatoms. The molecule has 0 bridgehead atoms. The standard InChI is InChI=1S/C14H28N4/c1-7-8-15-13-16-12(2)9-18(13)11-14(3,4)10-17(5)6/h9H,7-8,10-11H2,1-6H3,(H,15,16). The number of imidazole rings is 1. The summed E-state index contributed by atoms with van der Waals surface area (Å²) >= 11 is 0. The molecule has 0 aliphatic rings. The molecule has 104 valence electrons. The Morgan fingerprint density at radius 2 is 2.06 bits per heavy atom. The predicted octanol–water partition coefficient (Wildman–Crippen LogP) is 2.60. The van der Waals surface area contributed by atoms with E-state index in [1.807, 2.05) is 6.92 Å². The van der Waals surface area contributed by atoms with Crippen molar-refractivity contribution in [2.45, 2.75) is 40.7 Å². The van der Waals surface area contributed by atoms with E-state index in [0.29, 0.717) is 0 Å². The van der Waals surface area contributed by atoms with Crippen LogP contribution in [0, 0.1) is 12.3 Å². The molecular weight excluding hydrogens is 224 g/mol. The van der Waals surface area contributed by atoms with Crippen molar-refractivity contribution >= 4 is 5.95 Å². The number of anilines is 1. The lowest BCUT2D eigenvalue weighted by Gasteiger charge is -2.29. The van der Waals surface area contributed by atoms with E-state index in [4.69, 9.17) is 0 Å². The van der Waals surface area contributed by atoms with Gasteiger partial charge in [0, 0.05) is 25.8 Å². The van der Waals surface area contributed by atoms with Gasteiger partial charge < -0.3 is 14.8 Å². The molecule has 0 amide bonds. The summed E-state index contributed by atoms with van der Waals surface area (Å²) in [4.78, 5) is 6.79. The second-order valence-corrected chi connectivity index (χ2v) is 6.16. The molecule has 0 unspecified atom stereocenters. The fourth-order valence-corrected chi connectivity index (χ4v) is 2.41. The third-order valence-electron chi connectivity index (χ3n) is 2.77. The van der Waals surface area contributed by atoms with E-state index in [1.165, 1.54) is 0 Å². The Bertz CT molecular complexity index is 366. The summed E-state index contributed by atoms with van der Waals surface area (Å²) in [6.45, 7) is 11.8. The van der Waals surface area contributed by atoms with E-state index in [9.17, 15) is 0 Å². The number of hydrogen-bond donors (Lipinski definition) is 1. The van der Waals surface area contributed by atoms with E-state index < -0.39 is 0 Å². The summed E-state index contributed by atoms with van der Waals surface area (Å²) in [7, 11) is 4.24. The molecule has 0 fully saturated rings. The van der Waals surface area contributed by atoms with Crippen molar-refractivity contribution < 1.29 is 0 Å². The van der Waals surface area contributed by atoms with E-state index >= 15 is 0 Å². The van der Waals surface area contributed by atoms with Crippen LogP contribution >= 0.6 is 0 Å². The molecule has 1 aromatic heterocycles. The largest absolute Gasteiger partial charge is 0.356 e. The number of rotatable bonds is 7. The second kappa shape index (κ2) is 6.23. The first-order valence-electron chi connectivity index (χ1n) is 6.76. The highest BCUT2D eigenvalue weighted by Gasteiger charge is 2.21. The Labute approximate surface area is 111 Å². The molecule has 0 spiro atoms. The van der Waals surface area contributed by atoms with E-state index in [2.05, 4.69) is 60.8 Å². The average Bonchev–Trinajstić information content (AvgIpc) is 2.52. The van der Waals surface area contributed by atoms with Gasteiger partial charge in [-0.15, -0.1) is 0 Å². The van der Waals surface area contributed by atoms with E-state index in [1.54, 1.807) is 0 Å². The number of aryl methyl sites for hydroxylation is 1. The highest BCUT2D eigenvalue weighted by molar-refractivity contribution is 5.28. The highest BCUT2D eigenvalue weighted by Crippen LogP contribution is 2.22. The zero-order chi connectivity index (χ0) is 13.8. The van der Waals surface area contributed by atoms with Gasteiger partial charge in [0.1, 0.15) is 0 Å². The lowest BCUT2D eigenvalue weighted by atomic mass is 9.93. The summed E-state index contributed by atoms with van der Waals surface area (Å²) in [6.07, 6.45) is 3.25. The molecule has 1 aromatic rings. The molecule has 18 heavy (non-hydrogen) atoms. The number of nitrogens with one attached hydrogen (secondary N) is 1. The van der Waals surface area contributed by atoms with Crippen LogP contribution < -0.4 is 5.32 Å². The SMILES string of the molecule is CCCNc1nc(C)cn1CC(C)(C)CN(C)C. The van der Waals surface area contributed by atoms with E-state index in [0.717, 1.165) is 37.7 Å². The van der Waals surface area contributed by atoms with E-state index in [-0.39, 0.29) is 5.41 Å². The van der Waals surface area contributed by atoms with Crippen molar-refractivity contribution in [3.63, 3.8) is 0 Å². The Morgan fingerprint density at radius 1 is 1.39 bits per heavy atom. The van der Waals surface area contributed by atoms with Crippen LogP contribution in [0.4, 0.5) is 5.95 Å². The maximum Gasteiger partial charge on any atom is 0.203 e. The minimum Gasteiger partial charge on any atom is -0.356 e. The van der Waals surface area contributed by atoms with Crippen LogP contribution in [0.1, 0.15) is 32.9 Å². The number of hydrogen-bond acceptors (Lipinski definition) is 3. The Kier molecular flexibility index (Phi) is 5.20. The Balaban J connectivity index is 2.76. The lowest BCUT2D eigenvalue weighted by molar-refractivity contribution is 0.212. The van der Waals surface area contributed by atoms with Crippen molar-refractivity contribution in [1.82, 2.24) is 14.5 Å². The fourth-order valence-electron chi connectivity index (χ4n) is 2.41. The number of nitrogens with zero attached hydrogens (tertiary/aromatic N) is 3. The summed E-state index contributed by atoms with van der Waals surface area (Å²) < 4.78 is 2.24. The molecule has 0 aliphatic heterocycles. The van der Waals surface area contributed by atoms with Crippen LogP contribution in [0.25, 0.3) is 0 Å². The molecule has 1 heterocycles. The van der Waals surface area contributed by atoms with Crippen molar-refractivity contribution in [3.8, 4) is 0 Å². The molecule has 0 radical (unpaired) electrons. The molecule has 1 N–H and O–H groups in total. The first kappa shape index (κ1) is 15.0. The Hall–Kier alpha value is -1.03. The smallest absolute Gasteiger partial charge is 0.203 e. The van der Waals surface area contributed by atoms with Crippen LogP contribution in [0.2, 0.25) is 0 Å². The topological polar surface area (TPSA) is 33.1 Å². The maximum absolute atomic E-state index is 4.55. The molecule has 0 saturated heterocycles. The van der Waals surface area contributed by atoms with Gasteiger partial charge in [0.2, 0.25) is 5.95 Å². The van der Waals surface area contributed by atoms with Crippen LogP contribution in [-0.2, 0) is 6.54 Å². The highest BCUT2D eigenvalue weighted by atomic mass is 15.2. The monoisotopic (exact) mass is 252 g/mol. The van der Waals surface area contributed by atoms with Gasteiger partial charge in [0.25, 0.3) is 0 Å². The summed E-state index contributed by atoms with van der Waals surface area (Å²) in [5.74, 6) is 1.00. The van der Waals surface area contributed by atoms with Crippen molar-refractivity contribution in [2.75, 3.05) is 32.5 Å². The van der Waals surface area contributed by atoms with Gasteiger partial charge in [-0.25, -0.2) is 4.98 Å². The Morgan fingerprint density at radius 3 is 2.61 bits per heavy atom. The van der Waals surface area contributed by atoms with Gasteiger partial charge >= 0.3 is 0 Å². The lowest BCUT2D eigenvalue weighted by Crippen LogP contribution is -2.32. The first-order chi connectivity index (χ1) is 8.34. The van der Waals surface area contributed by atoms with Gasteiger partial charge in [-0.3, -0.25) is 0 Å². The maximum atomic E-state index is 4.55. The summed E-state index contributed by atoms with van der Waals surface area (Å²) in [5, 5.41) is 3.40. The zero-order valence-corrected chi connectivity index (χ0v) is 12.7. The number of aromatic nitrogens is 2. The van der Waals surface area contributed by atoms with Crippen LogP contribution in [0.5, 0.6) is 0 Å². The van der Waals surface area contributed by atoms with Crippen LogP contribution in [-0.4, -0.2) is 41.6 Å². The molecule has 0 saturated carbocycles. The molecule has 0 aromatic carbocycles.